The molecule has 1 rings (SSSR count). The van der Waals surface area contributed by atoms with Gasteiger partial charge in [-0.15, -0.1) is 12.3 Å². The van der Waals surface area contributed by atoms with Crippen LogP contribution in [-0.4, -0.2) is 14.5 Å². The number of rotatable bonds is 6. The maximum atomic E-state index is 12.1. The van der Waals surface area contributed by atoms with E-state index in [9.17, 15) is 8.42 Å². The zero-order valence-electron chi connectivity index (χ0n) is 10.2. The Morgan fingerprint density at radius 3 is 2.44 bits per heavy atom. The van der Waals surface area contributed by atoms with Crippen molar-refractivity contribution >= 4 is 26.0 Å². The Labute approximate surface area is 117 Å². The Bertz CT molecular complexity index is 517. The average Bonchev–Trinajstić information content (AvgIpc) is 2.38. The Morgan fingerprint density at radius 1 is 1.39 bits per heavy atom. The Balaban J connectivity index is 2.88. The first-order chi connectivity index (χ1) is 8.53. The molecule has 0 bridgehead atoms. The summed E-state index contributed by atoms with van der Waals surface area (Å²) in [7, 11) is -3.48. The molecule has 1 unspecified atom stereocenters. The number of nitrogens with one attached hydrogen (secondary N) is 1. The summed E-state index contributed by atoms with van der Waals surface area (Å²) in [6, 6.07) is 6.55. The van der Waals surface area contributed by atoms with Crippen molar-refractivity contribution in [3.63, 3.8) is 0 Å². The standard InChI is InChI=1S/C13H16BrNO2S/c1-3-5-12(4-2)15-18(16,17)13-8-6-11(10-14)7-9-13/h1,6-9,12,15H,4-5,10H2,2H3. The highest BCUT2D eigenvalue weighted by molar-refractivity contribution is 9.08. The predicted molar refractivity (Wildman–Crippen MR) is 76.9 cm³/mol. The molecule has 0 radical (unpaired) electrons. The molecule has 18 heavy (non-hydrogen) atoms. The second-order valence-electron chi connectivity index (χ2n) is 3.91. The molecule has 0 amide bonds. The summed E-state index contributed by atoms with van der Waals surface area (Å²) in [5, 5.41) is 0.704. The van der Waals surface area contributed by atoms with Crippen molar-refractivity contribution in [2.45, 2.75) is 36.0 Å². The number of benzene rings is 1. The molecule has 5 heteroatoms. The van der Waals surface area contributed by atoms with Gasteiger partial charge in [0, 0.05) is 17.8 Å². The monoisotopic (exact) mass is 329 g/mol. The number of alkyl halides is 1. The van der Waals surface area contributed by atoms with Gasteiger partial charge in [0.15, 0.2) is 0 Å². The summed E-state index contributed by atoms with van der Waals surface area (Å²) in [4.78, 5) is 0.266. The fourth-order valence-electron chi connectivity index (χ4n) is 1.46. The molecule has 1 aromatic rings. The predicted octanol–water partition coefficient (Wildman–Crippen LogP) is 2.66. The first-order valence-electron chi connectivity index (χ1n) is 5.64. The molecule has 0 saturated carbocycles. The van der Waals surface area contributed by atoms with Gasteiger partial charge in [-0.3, -0.25) is 0 Å². The highest BCUT2D eigenvalue weighted by atomic mass is 79.9. The molecule has 0 aliphatic heterocycles. The third-order valence-electron chi connectivity index (χ3n) is 2.57. The minimum atomic E-state index is -3.48. The maximum Gasteiger partial charge on any atom is 0.240 e. The zero-order valence-corrected chi connectivity index (χ0v) is 12.6. The van der Waals surface area contributed by atoms with Gasteiger partial charge in [0.05, 0.1) is 4.90 Å². The van der Waals surface area contributed by atoms with E-state index < -0.39 is 10.0 Å². The van der Waals surface area contributed by atoms with Crippen LogP contribution < -0.4 is 4.72 Å². The van der Waals surface area contributed by atoms with Gasteiger partial charge in [-0.25, -0.2) is 13.1 Å². The molecule has 1 N–H and O–H groups in total. The van der Waals surface area contributed by atoms with E-state index in [1.165, 1.54) is 0 Å². The largest absolute Gasteiger partial charge is 0.240 e. The van der Waals surface area contributed by atoms with Crippen LogP contribution in [0, 0.1) is 12.3 Å². The SMILES string of the molecule is C#CCC(CC)NS(=O)(=O)c1ccc(CBr)cc1. The lowest BCUT2D eigenvalue weighted by molar-refractivity contribution is 0.544. The number of terminal acetylenes is 1. The van der Waals surface area contributed by atoms with Crippen LogP contribution in [0.1, 0.15) is 25.3 Å². The highest BCUT2D eigenvalue weighted by Gasteiger charge is 2.18. The third kappa shape index (κ3) is 4.13. The van der Waals surface area contributed by atoms with Gasteiger partial charge in [0.2, 0.25) is 10.0 Å². The maximum absolute atomic E-state index is 12.1. The lowest BCUT2D eigenvalue weighted by Crippen LogP contribution is -2.34. The quantitative estimate of drug-likeness (QED) is 0.644. The Hall–Kier alpha value is -0.830. The van der Waals surface area contributed by atoms with Gasteiger partial charge in [-0.1, -0.05) is 35.0 Å². The second kappa shape index (κ2) is 6.93. The van der Waals surface area contributed by atoms with E-state index in [0.29, 0.717) is 18.2 Å². The zero-order chi connectivity index (χ0) is 13.6. The summed E-state index contributed by atoms with van der Waals surface area (Å²) in [5.74, 6) is 2.48. The fraction of sp³-hybridized carbons (Fsp3) is 0.385. The lowest BCUT2D eigenvalue weighted by atomic mass is 10.2. The number of hydrogen-bond donors (Lipinski definition) is 1. The first kappa shape index (κ1) is 15.2. The van der Waals surface area contributed by atoms with Gasteiger partial charge < -0.3 is 0 Å². The molecule has 3 nitrogen and oxygen atoms in total. The molecule has 0 heterocycles. The molecular weight excluding hydrogens is 314 g/mol. The molecule has 0 aromatic heterocycles. The summed E-state index contributed by atoms with van der Waals surface area (Å²) in [5.41, 5.74) is 1.03. The first-order valence-corrected chi connectivity index (χ1v) is 8.24. The van der Waals surface area contributed by atoms with Gasteiger partial charge in [0.1, 0.15) is 0 Å². The summed E-state index contributed by atoms with van der Waals surface area (Å²) in [6.45, 7) is 1.90. The second-order valence-corrected chi connectivity index (χ2v) is 6.19. The van der Waals surface area contributed by atoms with Crippen molar-refractivity contribution in [1.82, 2.24) is 4.72 Å². The van der Waals surface area contributed by atoms with Crippen LogP contribution in [-0.2, 0) is 15.4 Å². The molecule has 1 atom stereocenters. The summed E-state index contributed by atoms with van der Waals surface area (Å²) >= 11 is 3.32. The Kier molecular flexibility index (Phi) is 5.86. The van der Waals surface area contributed by atoms with Crippen molar-refractivity contribution in [2.24, 2.45) is 0 Å². The molecule has 0 spiro atoms. The van der Waals surface area contributed by atoms with E-state index in [0.717, 1.165) is 5.56 Å². The van der Waals surface area contributed by atoms with Crippen molar-refractivity contribution in [2.75, 3.05) is 0 Å². The van der Waals surface area contributed by atoms with E-state index in [4.69, 9.17) is 6.42 Å². The summed E-state index contributed by atoms with van der Waals surface area (Å²) < 4.78 is 26.8. The van der Waals surface area contributed by atoms with Crippen molar-refractivity contribution in [1.29, 1.82) is 0 Å². The van der Waals surface area contributed by atoms with Crippen LogP contribution in [0.3, 0.4) is 0 Å². The van der Waals surface area contributed by atoms with E-state index in [1.54, 1.807) is 24.3 Å². The lowest BCUT2D eigenvalue weighted by Gasteiger charge is -2.14. The van der Waals surface area contributed by atoms with Crippen molar-refractivity contribution < 1.29 is 8.42 Å². The molecule has 0 aliphatic rings. The van der Waals surface area contributed by atoms with Gasteiger partial charge in [0.25, 0.3) is 0 Å². The fourth-order valence-corrected chi connectivity index (χ4v) is 3.15. The number of hydrogen-bond acceptors (Lipinski definition) is 2. The van der Waals surface area contributed by atoms with Gasteiger partial charge in [-0.05, 0) is 24.1 Å². The van der Waals surface area contributed by atoms with Crippen molar-refractivity contribution in [3.05, 3.63) is 29.8 Å². The molecular formula is C13H16BrNO2S. The average molecular weight is 330 g/mol. The van der Waals surface area contributed by atoms with Crippen LogP contribution in [0.5, 0.6) is 0 Å². The van der Waals surface area contributed by atoms with E-state index in [2.05, 4.69) is 26.6 Å². The van der Waals surface area contributed by atoms with Crippen LogP contribution in [0.25, 0.3) is 0 Å². The minimum absolute atomic E-state index is 0.212. The van der Waals surface area contributed by atoms with E-state index in [-0.39, 0.29) is 10.9 Å². The summed E-state index contributed by atoms with van der Waals surface area (Å²) in [6.07, 6.45) is 6.28. The van der Waals surface area contributed by atoms with Gasteiger partial charge in [-0.2, -0.15) is 0 Å². The van der Waals surface area contributed by atoms with Crippen LogP contribution in [0.2, 0.25) is 0 Å². The van der Waals surface area contributed by atoms with E-state index in [1.807, 2.05) is 6.92 Å². The Morgan fingerprint density at radius 2 is 2.00 bits per heavy atom. The van der Waals surface area contributed by atoms with Crippen LogP contribution in [0.15, 0.2) is 29.2 Å². The third-order valence-corrected chi connectivity index (χ3v) is 4.75. The van der Waals surface area contributed by atoms with Crippen LogP contribution >= 0.6 is 15.9 Å². The smallest absolute Gasteiger partial charge is 0.207 e. The van der Waals surface area contributed by atoms with Crippen LogP contribution in [0.4, 0.5) is 0 Å². The molecule has 0 saturated heterocycles. The van der Waals surface area contributed by atoms with E-state index >= 15 is 0 Å². The minimum Gasteiger partial charge on any atom is -0.207 e. The molecule has 0 aliphatic carbocycles. The highest BCUT2D eigenvalue weighted by Crippen LogP contribution is 2.13. The molecule has 98 valence electrons. The number of halogens is 1. The number of sulfonamides is 1. The van der Waals surface area contributed by atoms with Crippen molar-refractivity contribution in [3.8, 4) is 12.3 Å². The normalized spacial score (nSPS) is 12.9. The molecule has 1 aromatic carbocycles. The topological polar surface area (TPSA) is 46.2 Å². The molecule has 0 fully saturated rings. The van der Waals surface area contributed by atoms with Gasteiger partial charge >= 0.3 is 0 Å².